The van der Waals surface area contributed by atoms with Gasteiger partial charge in [-0.05, 0) is 126 Å². The van der Waals surface area contributed by atoms with Crippen molar-refractivity contribution in [3.05, 3.63) is 124 Å². The number of anilines is 2. The largest absolute Gasteiger partial charge is 0.0312 e. The number of benzene rings is 2. The molecule has 2 aromatic carbocycles. The molecule has 4 rings (SSSR count). The van der Waals surface area contributed by atoms with Gasteiger partial charge in [0.2, 0.25) is 0 Å². The van der Waals surface area contributed by atoms with Crippen molar-refractivity contribution in [2.24, 2.45) is 0 Å². The molecular weight excluding hydrogens is 766 g/mol. The van der Waals surface area contributed by atoms with Gasteiger partial charge in [-0.15, -0.1) is 0 Å². The van der Waals surface area contributed by atoms with Crippen LogP contribution in [0.15, 0.2) is 48.5 Å². The van der Waals surface area contributed by atoms with E-state index in [-0.39, 0.29) is 34.1 Å². The molecule has 2 nitrogen and oxygen atoms in total. The number of aryl methyl sites for hydroxylation is 2. The topological polar surface area (TPSA) is 24.1 Å². The maximum Gasteiger partial charge on any atom is 0 e. The van der Waals surface area contributed by atoms with Gasteiger partial charge < -0.3 is 10.6 Å². The molecule has 0 spiro atoms. The van der Waals surface area contributed by atoms with Crippen LogP contribution in [0.3, 0.4) is 0 Å². The molecule has 2 aliphatic carbocycles. The van der Waals surface area contributed by atoms with Crippen LogP contribution >= 0.6 is 15.6 Å². The minimum atomic E-state index is -10.7. The average molecular weight is 800 g/mol. The summed E-state index contributed by atoms with van der Waals surface area (Å²) >= 11 is 0. The Bertz CT molecular complexity index is 969. The van der Waals surface area contributed by atoms with Gasteiger partial charge >= 0.3 is 66.0 Å². The third-order valence-electron chi connectivity index (χ3n) is 4.41. The first-order valence-corrected chi connectivity index (χ1v) is 16.8. The Balaban J connectivity index is -0.000000584. The first-order chi connectivity index (χ1) is 19.6. The minimum absolute atomic E-state index is 0. The number of unbranched alkanes of at least 4 members (excludes halogenated alkanes) is 1. The third kappa shape index (κ3) is 52.6. The van der Waals surface area contributed by atoms with Gasteiger partial charge in [-0.1, -0.05) is 24.3 Å². The average Bonchev–Trinajstić information content (AvgIpc) is 3.57. The van der Waals surface area contributed by atoms with Crippen molar-refractivity contribution in [2.75, 3.05) is 23.7 Å². The van der Waals surface area contributed by atoms with Gasteiger partial charge in [0, 0.05) is 58.6 Å². The van der Waals surface area contributed by atoms with E-state index in [0.29, 0.717) is 0 Å². The van der Waals surface area contributed by atoms with Gasteiger partial charge in [0.25, 0.3) is 0 Å². The summed E-state index contributed by atoms with van der Waals surface area (Å²) in [5, 5.41) is 6.93. The second-order valence-corrected chi connectivity index (χ2v) is 13.0. The summed E-state index contributed by atoms with van der Waals surface area (Å²) in [6.07, 6.45) is 22.3. The van der Waals surface area contributed by atoms with Gasteiger partial charge in [-0.2, -0.15) is 0 Å². The predicted octanol–water partition coefficient (Wildman–Crippen LogP) is 13.4. The Hall–Kier alpha value is -0.901. The van der Waals surface area contributed by atoms with Crippen molar-refractivity contribution in [1.29, 1.82) is 0 Å². The molecule has 0 unspecified atom stereocenters. The van der Waals surface area contributed by atoms with E-state index in [1.165, 1.54) is 35.3 Å². The van der Waals surface area contributed by atoms with E-state index in [1.54, 1.807) is 0 Å². The van der Waals surface area contributed by atoms with Gasteiger partial charge in [0.05, 0.1) is 0 Å². The predicted molar refractivity (Wildman–Crippen MR) is 159 cm³/mol. The monoisotopic (exact) mass is 800 g/mol. The molecule has 46 heavy (non-hydrogen) atoms. The second-order valence-electron chi connectivity index (χ2n) is 9.14. The van der Waals surface area contributed by atoms with Crippen LogP contribution in [0.4, 0.5) is 61.7 Å². The molecule has 2 aliphatic rings. The molecule has 10 radical (unpaired) electrons. The molecule has 2 aromatic rings. The van der Waals surface area contributed by atoms with Crippen LogP contribution in [0.25, 0.3) is 0 Å². The Morgan fingerprint density at radius 3 is 0.848 bits per heavy atom. The zero-order valence-corrected chi connectivity index (χ0v) is 28.4. The molecule has 2 fully saturated rings. The standard InChI is InChI=1S/C18H24N2.2C5H5.2F6P.2Fe/c1-15-7-5-9-17(13-15)19-11-3-4-12-20-18-10-6-8-16(2)14-18;2*1-2-4-5-3-1;2*1-7(2,3,4,5)6;;/h5-10,13-14,19-20H,3-4,11-12H2,1-2H3;2*1-5H;;;;/q;;;2*-1;;. The van der Waals surface area contributed by atoms with Crippen molar-refractivity contribution in [3.63, 3.8) is 0 Å². The maximum atomic E-state index is 9.87. The summed E-state index contributed by atoms with van der Waals surface area (Å²) in [6.45, 7) is 6.30. The molecule has 18 heteroatoms. The smallest absolute Gasteiger partial charge is 0 e. The molecule has 268 valence electrons. The number of halogens is 12. The van der Waals surface area contributed by atoms with Crippen molar-refractivity contribution < 1.29 is 84.5 Å². The summed E-state index contributed by atoms with van der Waals surface area (Å²) in [5.74, 6) is 0. The number of hydrogen-bond acceptors (Lipinski definition) is 2. The molecule has 0 aromatic heterocycles. The van der Waals surface area contributed by atoms with Gasteiger partial charge in [0.1, 0.15) is 0 Å². The zero-order chi connectivity index (χ0) is 34.1. The van der Waals surface area contributed by atoms with E-state index in [1.807, 2.05) is 64.2 Å². The molecule has 0 saturated heterocycles. The molecule has 2 N–H and O–H groups in total. The van der Waals surface area contributed by atoms with E-state index in [9.17, 15) is 50.4 Å². The van der Waals surface area contributed by atoms with E-state index in [0.717, 1.165) is 13.1 Å². The Kier molecular flexibility index (Phi) is 20.8. The summed E-state index contributed by atoms with van der Waals surface area (Å²) in [6, 6.07) is 17.0. The molecule has 0 aliphatic heterocycles. The van der Waals surface area contributed by atoms with Crippen LogP contribution in [0.1, 0.15) is 24.0 Å². The third-order valence-corrected chi connectivity index (χ3v) is 4.41. The number of rotatable bonds is 7. The maximum absolute atomic E-state index is 10.7. The Morgan fingerprint density at radius 1 is 0.435 bits per heavy atom. The first-order valence-electron chi connectivity index (χ1n) is 12.7. The van der Waals surface area contributed by atoms with Crippen LogP contribution in [-0.2, 0) is 34.1 Å². The Labute approximate surface area is 285 Å². The molecule has 0 bridgehead atoms. The molecule has 0 heterocycles. The number of hydrogen-bond donors (Lipinski definition) is 2. The first kappa shape index (κ1) is 49.5. The van der Waals surface area contributed by atoms with Crippen LogP contribution in [0, 0.1) is 78.1 Å². The van der Waals surface area contributed by atoms with Crippen molar-refractivity contribution >= 4 is 27.0 Å². The Morgan fingerprint density at radius 2 is 0.652 bits per heavy atom. The van der Waals surface area contributed by atoms with Crippen LogP contribution in [0.5, 0.6) is 0 Å². The number of nitrogens with one attached hydrogen (secondary N) is 2. The van der Waals surface area contributed by atoms with E-state index < -0.39 is 15.6 Å². The summed E-state index contributed by atoms with van der Waals surface area (Å²) in [7, 11) is -21.3. The van der Waals surface area contributed by atoms with Gasteiger partial charge in [0.15, 0.2) is 0 Å². The SMILES string of the molecule is Cc1cccc(NCCCCNc2cccc(C)c2)c1.F[P-](F)(F)(F)(F)F.F[P-](F)(F)(F)(F)F.[CH]1[CH][CH][CH][CH]1.[CH]1[CH][CH][CH][CH]1.[Fe].[Fe]. The van der Waals surface area contributed by atoms with E-state index in [4.69, 9.17) is 0 Å². The molecule has 0 amide bonds. The fourth-order valence-electron chi connectivity index (χ4n) is 2.87. The van der Waals surface area contributed by atoms with Crippen molar-refractivity contribution in [1.82, 2.24) is 0 Å². The second kappa shape index (κ2) is 19.3. The van der Waals surface area contributed by atoms with Crippen molar-refractivity contribution in [3.8, 4) is 0 Å². The van der Waals surface area contributed by atoms with E-state index in [2.05, 4.69) is 73.0 Å². The summed E-state index contributed by atoms with van der Waals surface area (Å²) < 4.78 is 118. The van der Waals surface area contributed by atoms with Crippen LogP contribution in [0.2, 0.25) is 0 Å². The van der Waals surface area contributed by atoms with Crippen molar-refractivity contribution in [2.45, 2.75) is 26.7 Å². The van der Waals surface area contributed by atoms with Crippen LogP contribution in [-0.4, -0.2) is 13.1 Å². The molecule has 2 saturated carbocycles. The van der Waals surface area contributed by atoms with Gasteiger partial charge in [-0.25, -0.2) is 0 Å². The van der Waals surface area contributed by atoms with Crippen LogP contribution < -0.4 is 10.6 Å². The fourth-order valence-corrected chi connectivity index (χ4v) is 2.87. The summed E-state index contributed by atoms with van der Waals surface area (Å²) in [5.41, 5.74) is 5.04. The minimum Gasteiger partial charge on any atom is -0.0312 e. The quantitative estimate of drug-likeness (QED) is 0.126. The van der Waals surface area contributed by atoms with Gasteiger partial charge in [-0.3, -0.25) is 0 Å². The molecular formula is C28H34F12Fe2N2P2-2. The molecule has 0 atom stereocenters. The zero-order valence-electron chi connectivity index (χ0n) is 24.4. The van der Waals surface area contributed by atoms with E-state index >= 15 is 0 Å². The fraction of sp³-hybridized carbons (Fsp3) is 0.214. The summed E-state index contributed by atoms with van der Waals surface area (Å²) in [4.78, 5) is 0. The normalized spacial score (nSPS) is 16.7.